The third-order valence-corrected chi connectivity index (χ3v) is 4.54. The summed E-state index contributed by atoms with van der Waals surface area (Å²) in [5.74, 6) is 6.94. The summed E-state index contributed by atoms with van der Waals surface area (Å²) in [5, 5.41) is 5.63. The van der Waals surface area contributed by atoms with Gasteiger partial charge in [-0.2, -0.15) is 0 Å². The average Bonchev–Trinajstić information content (AvgIpc) is 3.36. The van der Waals surface area contributed by atoms with Crippen LogP contribution in [0.4, 0.5) is 4.79 Å². The minimum absolute atomic E-state index is 0.154. The molecule has 3 aromatic rings. The van der Waals surface area contributed by atoms with Gasteiger partial charge in [0.2, 0.25) is 0 Å². The molecule has 1 atom stereocenters. The van der Waals surface area contributed by atoms with E-state index < -0.39 is 6.09 Å². The highest BCUT2D eigenvalue weighted by atomic mass is 32.1. The van der Waals surface area contributed by atoms with Crippen LogP contribution in [0.5, 0.6) is 5.75 Å². The molecular formula is C21H19N3O3S. The van der Waals surface area contributed by atoms with Crippen molar-refractivity contribution in [2.75, 3.05) is 13.7 Å². The van der Waals surface area contributed by atoms with Crippen LogP contribution in [-0.2, 0) is 4.74 Å². The van der Waals surface area contributed by atoms with Crippen LogP contribution in [0.3, 0.4) is 0 Å². The fraction of sp³-hybridized carbons (Fsp3) is 0.190. The molecule has 3 heterocycles. The lowest BCUT2D eigenvalue weighted by atomic mass is 10.1. The van der Waals surface area contributed by atoms with Crippen LogP contribution in [0, 0.1) is 18.8 Å². The number of cyclic esters (lactones) is 1. The van der Waals surface area contributed by atoms with Crippen molar-refractivity contribution >= 4 is 17.4 Å². The maximum atomic E-state index is 11.0. The van der Waals surface area contributed by atoms with E-state index in [-0.39, 0.29) is 6.04 Å². The summed E-state index contributed by atoms with van der Waals surface area (Å²) in [6.45, 7) is 2.27. The van der Waals surface area contributed by atoms with Crippen LogP contribution in [0.15, 0.2) is 54.2 Å². The zero-order valence-corrected chi connectivity index (χ0v) is 16.3. The molecule has 4 rings (SSSR count). The van der Waals surface area contributed by atoms with Gasteiger partial charge in [-0.25, -0.2) is 9.78 Å². The van der Waals surface area contributed by atoms with Crippen molar-refractivity contribution in [2.45, 2.75) is 13.0 Å². The van der Waals surface area contributed by atoms with Crippen LogP contribution in [0.1, 0.15) is 27.9 Å². The Bertz CT molecular complexity index is 993. The zero-order valence-electron chi connectivity index (χ0n) is 15.5. The number of nitrogens with one attached hydrogen (secondary N) is 1. The number of hydrogen-bond acceptors (Lipinski definition) is 6. The summed E-state index contributed by atoms with van der Waals surface area (Å²) < 4.78 is 9.78. The first-order valence-electron chi connectivity index (χ1n) is 8.55. The van der Waals surface area contributed by atoms with Gasteiger partial charge in [0, 0.05) is 23.3 Å². The number of methoxy groups -OCH3 is 1. The standard InChI is InChI=1S/C14H11N3O2S.C7H8O/c1-9-16-12(8-20-9)3-2-10-4-11(6-15-5-10)13-7-19-14(18)17-13;1-8-7-5-3-2-4-6-7/h4-6,8,13H,7H2,1H3,(H,17,18);2-6H,1H3/t13-;/m0./s1. The van der Waals surface area contributed by atoms with Crippen molar-refractivity contribution < 1.29 is 14.3 Å². The number of alkyl carbamates (subject to hydrolysis) is 1. The molecule has 6 nitrogen and oxygen atoms in total. The molecule has 7 heteroatoms. The topological polar surface area (TPSA) is 73.3 Å². The molecule has 28 heavy (non-hydrogen) atoms. The largest absolute Gasteiger partial charge is 0.497 e. The van der Waals surface area contributed by atoms with Crippen molar-refractivity contribution in [3.8, 4) is 17.6 Å². The number of carbonyl (C=O) groups excluding carboxylic acids is 1. The number of benzene rings is 1. The Hall–Kier alpha value is -3.37. The van der Waals surface area contributed by atoms with E-state index in [1.807, 2.05) is 48.7 Å². The van der Waals surface area contributed by atoms with Crippen molar-refractivity contribution in [1.29, 1.82) is 0 Å². The van der Waals surface area contributed by atoms with Gasteiger partial charge in [-0.15, -0.1) is 11.3 Å². The minimum Gasteiger partial charge on any atom is -0.497 e. The Morgan fingerprint density at radius 1 is 1.25 bits per heavy atom. The van der Waals surface area contributed by atoms with Crippen molar-refractivity contribution in [3.05, 3.63) is 76.0 Å². The molecule has 2 aromatic heterocycles. The van der Waals surface area contributed by atoms with Crippen LogP contribution in [-0.4, -0.2) is 29.8 Å². The normalized spacial score (nSPS) is 14.6. The Balaban J connectivity index is 0.000000236. The molecule has 0 spiro atoms. The number of hydrogen-bond donors (Lipinski definition) is 1. The zero-order chi connectivity index (χ0) is 19.8. The lowest BCUT2D eigenvalue weighted by Gasteiger charge is -2.06. The Morgan fingerprint density at radius 2 is 2.07 bits per heavy atom. The molecule has 1 aromatic carbocycles. The van der Waals surface area contributed by atoms with Crippen molar-refractivity contribution in [1.82, 2.24) is 15.3 Å². The highest BCUT2D eigenvalue weighted by molar-refractivity contribution is 7.09. The van der Waals surface area contributed by atoms with E-state index in [1.165, 1.54) is 0 Å². The third kappa shape index (κ3) is 5.56. The number of thiazole rings is 1. The Kier molecular flexibility index (Phi) is 6.60. The number of amides is 1. The molecule has 0 saturated carbocycles. The highest BCUT2D eigenvalue weighted by Gasteiger charge is 2.23. The summed E-state index contributed by atoms with van der Waals surface area (Å²) in [7, 11) is 1.66. The van der Waals surface area contributed by atoms with E-state index in [2.05, 4.69) is 27.1 Å². The first-order chi connectivity index (χ1) is 13.6. The van der Waals surface area contributed by atoms with E-state index in [9.17, 15) is 4.79 Å². The maximum absolute atomic E-state index is 11.0. The second-order valence-electron chi connectivity index (χ2n) is 5.82. The van der Waals surface area contributed by atoms with Gasteiger partial charge >= 0.3 is 6.09 Å². The maximum Gasteiger partial charge on any atom is 0.407 e. The van der Waals surface area contributed by atoms with E-state index in [1.54, 1.807) is 30.8 Å². The fourth-order valence-corrected chi connectivity index (χ4v) is 2.94. The summed E-state index contributed by atoms with van der Waals surface area (Å²) >= 11 is 1.57. The third-order valence-electron chi connectivity index (χ3n) is 3.77. The second-order valence-corrected chi connectivity index (χ2v) is 6.88. The highest BCUT2D eigenvalue weighted by Crippen LogP contribution is 2.18. The van der Waals surface area contributed by atoms with Crippen LogP contribution >= 0.6 is 11.3 Å². The molecular weight excluding hydrogens is 374 g/mol. The second kappa shape index (κ2) is 9.53. The summed E-state index contributed by atoms with van der Waals surface area (Å²) in [6, 6.07) is 11.4. The SMILES string of the molecule is COc1ccccc1.Cc1nc(C#Cc2cncc([C@@H]3COC(=O)N3)c2)cs1. The quantitative estimate of drug-likeness (QED) is 0.672. The number of nitrogens with zero attached hydrogens (tertiary/aromatic N) is 2. The molecule has 0 bridgehead atoms. The first-order valence-corrected chi connectivity index (χ1v) is 9.43. The van der Waals surface area contributed by atoms with E-state index >= 15 is 0 Å². The van der Waals surface area contributed by atoms with E-state index in [4.69, 9.17) is 9.47 Å². The number of rotatable bonds is 2. The van der Waals surface area contributed by atoms with E-state index in [0.717, 1.165) is 27.6 Å². The number of aromatic nitrogens is 2. The number of carbonyl (C=O) groups is 1. The Morgan fingerprint density at radius 3 is 2.68 bits per heavy atom. The molecule has 1 amide bonds. The predicted molar refractivity (Wildman–Crippen MR) is 107 cm³/mol. The van der Waals surface area contributed by atoms with Gasteiger partial charge in [-0.05, 0) is 36.6 Å². The monoisotopic (exact) mass is 393 g/mol. The van der Waals surface area contributed by atoms with Gasteiger partial charge < -0.3 is 14.8 Å². The lowest BCUT2D eigenvalue weighted by Crippen LogP contribution is -2.18. The molecule has 0 radical (unpaired) electrons. The van der Waals surface area contributed by atoms with Gasteiger partial charge in [-0.1, -0.05) is 24.1 Å². The Labute approximate surface area is 167 Å². The lowest BCUT2D eigenvalue weighted by molar-refractivity contribution is 0.177. The summed E-state index contributed by atoms with van der Waals surface area (Å²) in [4.78, 5) is 19.5. The van der Waals surface area contributed by atoms with Gasteiger partial charge in [0.15, 0.2) is 0 Å². The molecule has 0 aliphatic carbocycles. The molecule has 1 aliphatic heterocycles. The first kappa shape index (κ1) is 19.4. The molecule has 1 fully saturated rings. The summed E-state index contributed by atoms with van der Waals surface area (Å²) in [5.41, 5.74) is 2.43. The van der Waals surface area contributed by atoms with Crippen molar-refractivity contribution in [3.63, 3.8) is 0 Å². The summed E-state index contributed by atoms with van der Waals surface area (Å²) in [6.07, 6.45) is 3.00. The molecule has 1 N–H and O–H groups in total. The minimum atomic E-state index is -0.399. The van der Waals surface area contributed by atoms with Crippen molar-refractivity contribution in [2.24, 2.45) is 0 Å². The van der Waals surface area contributed by atoms with Crippen LogP contribution < -0.4 is 10.1 Å². The van der Waals surface area contributed by atoms with Gasteiger partial charge in [0.05, 0.1) is 18.2 Å². The van der Waals surface area contributed by atoms with Gasteiger partial charge in [-0.3, -0.25) is 4.98 Å². The molecule has 1 saturated heterocycles. The average molecular weight is 393 g/mol. The van der Waals surface area contributed by atoms with Crippen LogP contribution in [0.25, 0.3) is 0 Å². The smallest absolute Gasteiger partial charge is 0.407 e. The molecule has 1 aliphatic rings. The fourth-order valence-electron chi connectivity index (χ4n) is 2.39. The van der Waals surface area contributed by atoms with E-state index in [0.29, 0.717) is 6.61 Å². The predicted octanol–water partition coefficient (Wildman–Crippen LogP) is 3.72. The number of pyridine rings is 1. The molecule has 0 unspecified atom stereocenters. The van der Waals surface area contributed by atoms with Gasteiger partial charge in [0.25, 0.3) is 0 Å². The van der Waals surface area contributed by atoms with Gasteiger partial charge in [0.1, 0.15) is 18.1 Å². The molecule has 142 valence electrons. The number of ether oxygens (including phenoxy) is 2. The number of aryl methyl sites for hydroxylation is 1. The van der Waals surface area contributed by atoms with Crippen LogP contribution in [0.2, 0.25) is 0 Å². The number of para-hydroxylation sites is 1.